The molecule has 120 valence electrons. The van der Waals surface area contributed by atoms with Crippen molar-refractivity contribution in [3.8, 4) is 5.75 Å². The van der Waals surface area contributed by atoms with E-state index in [0.29, 0.717) is 12.2 Å². The van der Waals surface area contributed by atoms with Crippen LogP contribution in [0.1, 0.15) is 34.8 Å². The van der Waals surface area contributed by atoms with Crippen molar-refractivity contribution in [1.29, 1.82) is 0 Å². The van der Waals surface area contributed by atoms with Crippen molar-refractivity contribution < 1.29 is 9.53 Å². The van der Waals surface area contributed by atoms with Crippen LogP contribution in [-0.2, 0) is 0 Å². The van der Waals surface area contributed by atoms with E-state index in [0.717, 1.165) is 27.8 Å². The van der Waals surface area contributed by atoms with Gasteiger partial charge in [0.2, 0.25) is 0 Å². The quantitative estimate of drug-likeness (QED) is 0.604. The first-order valence-electron chi connectivity index (χ1n) is 7.43. The number of rotatable bonds is 6. The first-order valence-corrected chi connectivity index (χ1v) is 8.22. The molecule has 0 aliphatic carbocycles. The molecule has 0 atom stereocenters. The SMILES string of the molecule is CCCOc1ccc(Br)cc1/C=N\NC(=O)c1ccccc1C. The molecule has 4 nitrogen and oxygen atoms in total. The van der Waals surface area contributed by atoms with E-state index in [9.17, 15) is 4.79 Å². The fraction of sp³-hybridized carbons (Fsp3) is 0.222. The van der Waals surface area contributed by atoms with Crippen LogP contribution >= 0.6 is 15.9 Å². The van der Waals surface area contributed by atoms with Crippen LogP contribution in [0.4, 0.5) is 0 Å². The smallest absolute Gasteiger partial charge is 0.271 e. The van der Waals surface area contributed by atoms with Gasteiger partial charge in [0.15, 0.2) is 0 Å². The molecule has 0 aliphatic heterocycles. The van der Waals surface area contributed by atoms with Crippen molar-refractivity contribution in [2.24, 2.45) is 5.10 Å². The molecular formula is C18H19BrN2O2. The number of hydrogen-bond acceptors (Lipinski definition) is 3. The predicted octanol–water partition coefficient (Wildman–Crippen LogP) is 4.31. The van der Waals surface area contributed by atoms with Gasteiger partial charge in [0.25, 0.3) is 5.91 Å². The third-order valence-electron chi connectivity index (χ3n) is 3.19. The first-order chi connectivity index (χ1) is 11.1. The van der Waals surface area contributed by atoms with E-state index in [4.69, 9.17) is 4.74 Å². The Morgan fingerprint density at radius 2 is 2.09 bits per heavy atom. The summed E-state index contributed by atoms with van der Waals surface area (Å²) in [6, 6.07) is 13.1. The minimum absolute atomic E-state index is 0.231. The normalized spacial score (nSPS) is 10.7. The van der Waals surface area contributed by atoms with Crippen LogP contribution in [0.15, 0.2) is 52.0 Å². The predicted molar refractivity (Wildman–Crippen MR) is 96.2 cm³/mol. The van der Waals surface area contributed by atoms with Gasteiger partial charge in [0, 0.05) is 15.6 Å². The van der Waals surface area contributed by atoms with Gasteiger partial charge < -0.3 is 4.74 Å². The Hall–Kier alpha value is -2.14. The summed E-state index contributed by atoms with van der Waals surface area (Å²) in [5, 5.41) is 4.04. The lowest BCUT2D eigenvalue weighted by Gasteiger charge is -2.08. The Labute approximate surface area is 144 Å². The molecular weight excluding hydrogens is 356 g/mol. The lowest BCUT2D eigenvalue weighted by atomic mass is 10.1. The number of amides is 1. The zero-order chi connectivity index (χ0) is 16.7. The Bertz CT molecular complexity index is 714. The molecule has 0 heterocycles. The molecule has 0 saturated carbocycles. The molecule has 2 rings (SSSR count). The van der Waals surface area contributed by atoms with Gasteiger partial charge in [0.05, 0.1) is 12.8 Å². The van der Waals surface area contributed by atoms with Crippen LogP contribution in [0.3, 0.4) is 0 Å². The summed E-state index contributed by atoms with van der Waals surface area (Å²) in [6.45, 7) is 4.58. The number of hydrazone groups is 1. The minimum Gasteiger partial charge on any atom is -0.493 e. The van der Waals surface area contributed by atoms with Crippen LogP contribution in [0.25, 0.3) is 0 Å². The van der Waals surface area contributed by atoms with Gasteiger partial charge in [-0.2, -0.15) is 5.10 Å². The maximum absolute atomic E-state index is 12.1. The lowest BCUT2D eigenvalue weighted by Crippen LogP contribution is -2.18. The average molecular weight is 375 g/mol. The number of carbonyl (C=O) groups excluding carboxylic acids is 1. The second kappa shape index (κ2) is 8.48. The molecule has 5 heteroatoms. The Kier molecular flexibility index (Phi) is 6.35. The summed E-state index contributed by atoms with van der Waals surface area (Å²) in [7, 11) is 0. The van der Waals surface area contributed by atoms with Gasteiger partial charge in [-0.15, -0.1) is 0 Å². The third-order valence-corrected chi connectivity index (χ3v) is 3.69. The standard InChI is InChI=1S/C18H19BrN2O2/c1-3-10-23-17-9-8-15(19)11-14(17)12-20-21-18(22)16-7-5-4-6-13(16)2/h4-9,11-12H,3,10H2,1-2H3,(H,21,22)/b20-12-. The molecule has 0 fully saturated rings. The van der Waals surface area contributed by atoms with Crippen molar-refractivity contribution >= 4 is 28.1 Å². The van der Waals surface area contributed by atoms with Gasteiger partial charge in [-0.25, -0.2) is 5.43 Å². The van der Waals surface area contributed by atoms with Gasteiger partial charge in [-0.3, -0.25) is 4.79 Å². The number of hydrogen-bond donors (Lipinski definition) is 1. The molecule has 0 spiro atoms. The minimum atomic E-state index is -0.231. The summed E-state index contributed by atoms with van der Waals surface area (Å²) in [5.41, 5.74) is 4.88. The van der Waals surface area contributed by atoms with E-state index >= 15 is 0 Å². The number of halogens is 1. The topological polar surface area (TPSA) is 50.7 Å². The van der Waals surface area contributed by atoms with E-state index in [-0.39, 0.29) is 5.91 Å². The fourth-order valence-electron chi connectivity index (χ4n) is 2.01. The van der Waals surface area contributed by atoms with Crippen LogP contribution in [0.5, 0.6) is 5.75 Å². The zero-order valence-electron chi connectivity index (χ0n) is 13.2. The molecule has 23 heavy (non-hydrogen) atoms. The van der Waals surface area contributed by atoms with Crippen molar-refractivity contribution in [1.82, 2.24) is 5.43 Å². The highest BCUT2D eigenvalue weighted by Crippen LogP contribution is 2.22. The average Bonchev–Trinajstić information content (AvgIpc) is 2.54. The molecule has 0 bridgehead atoms. The third kappa shape index (κ3) is 4.93. The van der Waals surface area contributed by atoms with Crippen LogP contribution < -0.4 is 10.2 Å². The van der Waals surface area contributed by atoms with Gasteiger partial charge >= 0.3 is 0 Å². The Morgan fingerprint density at radius 3 is 2.83 bits per heavy atom. The summed E-state index contributed by atoms with van der Waals surface area (Å²) < 4.78 is 6.60. The molecule has 1 amide bonds. The Balaban J connectivity index is 2.09. The maximum Gasteiger partial charge on any atom is 0.271 e. The summed E-state index contributed by atoms with van der Waals surface area (Å²) in [4.78, 5) is 12.1. The molecule has 2 aromatic carbocycles. The van der Waals surface area contributed by atoms with Crippen molar-refractivity contribution in [3.63, 3.8) is 0 Å². The monoisotopic (exact) mass is 374 g/mol. The lowest BCUT2D eigenvalue weighted by molar-refractivity contribution is 0.0954. The number of nitrogens with one attached hydrogen (secondary N) is 1. The van der Waals surface area contributed by atoms with Gasteiger partial charge in [-0.1, -0.05) is 41.1 Å². The summed E-state index contributed by atoms with van der Waals surface area (Å²) >= 11 is 3.43. The van der Waals surface area contributed by atoms with E-state index in [2.05, 4.69) is 33.4 Å². The van der Waals surface area contributed by atoms with Crippen LogP contribution in [-0.4, -0.2) is 18.7 Å². The van der Waals surface area contributed by atoms with Crippen molar-refractivity contribution in [2.75, 3.05) is 6.61 Å². The maximum atomic E-state index is 12.1. The fourth-order valence-corrected chi connectivity index (χ4v) is 2.39. The summed E-state index contributed by atoms with van der Waals surface area (Å²) in [5.74, 6) is 0.509. The van der Waals surface area contributed by atoms with E-state index in [1.165, 1.54) is 0 Å². The molecule has 0 radical (unpaired) electrons. The number of benzene rings is 2. The highest BCUT2D eigenvalue weighted by Gasteiger charge is 2.07. The van der Waals surface area contributed by atoms with Crippen LogP contribution in [0.2, 0.25) is 0 Å². The molecule has 0 saturated heterocycles. The number of nitrogens with zero attached hydrogens (tertiary/aromatic N) is 1. The first kappa shape index (κ1) is 17.2. The highest BCUT2D eigenvalue weighted by molar-refractivity contribution is 9.10. The van der Waals surface area contributed by atoms with E-state index in [1.807, 2.05) is 43.3 Å². The summed E-state index contributed by atoms with van der Waals surface area (Å²) in [6.07, 6.45) is 2.52. The zero-order valence-corrected chi connectivity index (χ0v) is 14.8. The molecule has 0 unspecified atom stereocenters. The molecule has 0 aliphatic rings. The van der Waals surface area contributed by atoms with Crippen molar-refractivity contribution in [2.45, 2.75) is 20.3 Å². The molecule has 1 N–H and O–H groups in total. The largest absolute Gasteiger partial charge is 0.493 e. The number of aryl methyl sites for hydroxylation is 1. The van der Waals surface area contributed by atoms with Crippen LogP contribution in [0, 0.1) is 6.92 Å². The number of ether oxygens (including phenoxy) is 1. The van der Waals surface area contributed by atoms with Crippen molar-refractivity contribution in [3.05, 3.63) is 63.6 Å². The van der Waals surface area contributed by atoms with Gasteiger partial charge in [-0.05, 0) is 43.2 Å². The highest BCUT2D eigenvalue weighted by atomic mass is 79.9. The second-order valence-corrected chi connectivity index (χ2v) is 5.96. The Morgan fingerprint density at radius 1 is 1.30 bits per heavy atom. The van der Waals surface area contributed by atoms with E-state index < -0.39 is 0 Å². The number of carbonyl (C=O) groups is 1. The van der Waals surface area contributed by atoms with E-state index in [1.54, 1.807) is 12.3 Å². The molecule has 2 aromatic rings. The second-order valence-electron chi connectivity index (χ2n) is 5.04. The molecule has 0 aromatic heterocycles. The van der Waals surface area contributed by atoms with Gasteiger partial charge in [0.1, 0.15) is 5.75 Å².